The highest BCUT2D eigenvalue weighted by atomic mass is 16.5. The molecule has 0 bridgehead atoms. The summed E-state index contributed by atoms with van der Waals surface area (Å²) in [4.78, 5) is 19.7. The van der Waals surface area contributed by atoms with Crippen molar-refractivity contribution in [2.45, 2.75) is 20.8 Å². The maximum atomic E-state index is 11.2. The van der Waals surface area contributed by atoms with Crippen LogP contribution in [0.5, 0.6) is 5.88 Å². The molecule has 104 valence electrons. The van der Waals surface area contributed by atoms with Crippen LogP contribution in [0.25, 0.3) is 11.3 Å². The highest BCUT2D eigenvalue weighted by Crippen LogP contribution is 2.28. The molecular formula is C15H16N2O3. The minimum Gasteiger partial charge on any atom is -0.478 e. The second kappa shape index (κ2) is 5.69. The van der Waals surface area contributed by atoms with Crippen LogP contribution >= 0.6 is 0 Å². The number of aryl methyl sites for hydroxylation is 2. The monoisotopic (exact) mass is 272 g/mol. The van der Waals surface area contributed by atoms with E-state index in [1.54, 1.807) is 32.2 Å². The number of hydrogen-bond donors (Lipinski definition) is 1. The van der Waals surface area contributed by atoms with E-state index in [1.165, 1.54) is 0 Å². The van der Waals surface area contributed by atoms with E-state index in [9.17, 15) is 4.79 Å². The van der Waals surface area contributed by atoms with Gasteiger partial charge in [0.25, 0.3) is 0 Å². The van der Waals surface area contributed by atoms with Gasteiger partial charge in [0.2, 0.25) is 5.88 Å². The molecule has 0 spiro atoms. The van der Waals surface area contributed by atoms with Gasteiger partial charge >= 0.3 is 5.97 Å². The summed E-state index contributed by atoms with van der Waals surface area (Å²) in [7, 11) is 0. The fourth-order valence-electron chi connectivity index (χ4n) is 2.13. The average molecular weight is 272 g/mol. The van der Waals surface area contributed by atoms with E-state index in [0.29, 0.717) is 29.4 Å². The lowest BCUT2D eigenvalue weighted by atomic mass is 10.0. The summed E-state index contributed by atoms with van der Waals surface area (Å²) < 4.78 is 5.48. The molecule has 0 amide bonds. The minimum atomic E-state index is -0.963. The summed E-state index contributed by atoms with van der Waals surface area (Å²) in [5.74, 6) is -0.459. The zero-order chi connectivity index (χ0) is 14.7. The number of rotatable bonds is 4. The average Bonchev–Trinajstić information content (AvgIpc) is 2.38. The molecule has 0 aliphatic carbocycles. The van der Waals surface area contributed by atoms with Crippen LogP contribution in [0.4, 0.5) is 0 Å². The molecule has 0 aliphatic heterocycles. The number of nitrogens with zero attached hydrogens (tertiary/aromatic N) is 2. The number of pyridine rings is 2. The van der Waals surface area contributed by atoms with Gasteiger partial charge in [0.1, 0.15) is 0 Å². The topological polar surface area (TPSA) is 72.3 Å². The minimum absolute atomic E-state index is 0.246. The Bertz CT molecular complexity index is 630. The third-order valence-electron chi connectivity index (χ3n) is 2.94. The summed E-state index contributed by atoms with van der Waals surface area (Å²) >= 11 is 0. The maximum absolute atomic E-state index is 11.2. The Kier molecular flexibility index (Phi) is 3.98. The first-order chi connectivity index (χ1) is 9.54. The van der Waals surface area contributed by atoms with Crippen molar-refractivity contribution in [1.82, 2.24) is 9.97 Å². The largest absolute Gasteiger partial charge is 0.478 e. The number of hydrogen-bond acceptors (Lipinski definition) is 4. The van der Waals surface area contributed by atoms with Crippen LogP contribution in [-0.2, 0) is 0 Å². The Morgan fingerprint density at radius 2 is 2.15 bits per heavy atom. The van der Waals surface area contributed by atoms with Gasteiger partial charge in [-0.05, 0) is 44.5 Å². The van der Waals surface area contributed by atoms with Gasteiger partial charge in [-0.2, -0.15) is 0 Å². The fourth-order valence-corrected chi connectivity index (χ4v) is 2.13. The highest BCUT2D eigenvalue weighted by Gasteiger charge is 2.16. The van der Waals surface area contributed by atoms with Crippen molar-refractivity contribution >= 4 is 5.97 Å². The second-order valence-corrected chi connectivity index (χ2v) is 4.38. The lowest BCUT2D eigenvalue weighted by Crippen LogP contribution is -2.06. The van der Waals surface area contributed by atoms with Crippen LogP contribution in [-0.4, -0.2) is 27.7 Å². The first-order valence-corrected chi connectivity index (χ1v) is 6.34. The molecule has 2 aromatic rings. The Hall–Kier alpha value is -2.43. The second-order valence-electron chi connectivity index (χ2n) is 4.38. The highest BCUT2D eigenvalue weighted by molar-refractivity contribution is 5.91. The SMILES string of the molecule is CCOc1ncccc1-c1cc(C)c(C(=O)O)c(C)n1. The van der Waals surface area contributed by atoms with Crippen LogP contribution < -0.4 is 4.74 Å². The summed E-state index contributed by atoms with van der Waals surface area (Å²) in [6, 6.07) is 5.41. The molecule has 20 heavy (non-hydrogen) atoms. The summed E-state index contributed by atoms with van der Waals surface area (Å²) in [6.07, 6.45) is 1.65. The predicted octanol–water partition coefficient (Wildman–Crippen LogP) is 2.86. The Balaban J connectivity index is 2.57. The van der Waals surface area contributed by atoms with Gasteiger partial charge in [-0.3, -0.25) is 4.98 Å². The molecule has 0 atom stereocenters. The maximum Gasteiger partial charge on any atom is 0.337 e. The molecule has 0 fully saturated rings. The molecule has 0 aliphatic rings. The zero-order valence-electron chi connectivity index (χ0n) is 11.7. The summed E-state index contributed by atoms with van der Waals surface area (Å²) in [5, 5.41) is 9.17. The third-order valence-corrected chi connectivity index (χ3v) is 2.94. The molecule has 1 N–H and O–H groups in total. The molecule has 5 nitrogen and oxygen atoms in total. The molecule has 2 aromatic heterocycles. The number of carboxylic acid groups (broad SMARTS) is 1. The molecule has 0 unspecified atom stereocenters. The van der Waals surface area contributed by atoms with E-state index >= 15 is 0 Å². The number of carboxylic acids is 1. The van der Waals surface area contributed by atoms with Gasteiger partial charge in [-0.15, -0.1) is 0 Å². The lowest BCUT2D eigenvalue weighted by molar-refractivity contribution is 0.0695. The molecule has 0 radical (unpaired) electrons. The van der Waals surface area contributed by atoms with Gasteiger partial charge in [0, 0.05) is 6.20 Å². The van der Waals surface area contributed by atoms with E-state index in [4.69, 9.17) is 9.84 Å². The van der Waals surface area contributed by atoms with Crippen LogP contribution in [0.3, 0.4) is 0 Å². The van der Waals surface area contributed by atoms with Crippen molar-refractivity contribution in [1.29, 1.82) is 0 Å². The quantitative estimate of drug-likeness (QED) is 0.926. The third kappa shape index (κ3) is 2.61. The lowest BCUT2D eigenvalue weighted by Gasteiger charge is -2.11. The summed E-state index contributed by atoms with van der Waals surface area (Å²) in [5.41, 5.74) is 2.83. The van der Waals surface area contributed by atoms with E-state index in [1.807, 2.05) is 13.0 Å². The van der Waals surface area contributed by atoms with Gasteiger partial charge in [-0.25, -0.2) is 9.78 Å². The van der Waals surface area contributed by atoms with Gasteiger partial charge in [0.15, 0.2) is 0 Å². The van der Waals surface area contributed by atoms with E-state index in [-0.39, 0.29) is 5.56 Å². The number of aromatic carboxylic acids is 1. The Morgan fingerprint density at radius 3 is 2.75 bits per heavy atom. The van der Waals surface area contributed by atoms with E-state index in [0.717, 1.165) is 5.56 Å². The molecule has 2 rings (SSSR count). The van der Waals surface area contributed by atoms with Crippen molar-refractivity contribution in [3.05, 3.63) is 41.2 Å². The molecule has 0 aromatic carbocycles. The van der Waals surface area contributed by atoms with Crippen LogP contribution in [0.2, 0.25) is 0 Å². The normalized spacial score (nSPS) is 10.3. The van der Waals surface area contributed by atoms with Crippen molar-refractivity contribution in [2.75, 3.05) is 6.61 Å². The van der Waals surface area contributed by atoms with E-state index in [2.05, 4.69) is 9.97 Å². The van der Waals surface area contributed by atoms with Gasteiger partial charge < -0.3 is 9.84 Å². The van der Waals surface area contributed by atoms with Crippen molar-refractivity contribution in [3.63, 3.8) is 0 Å². The predicted molar refractivity (Wildman–Crippen MR) is 75.1 cm³/mol. The Labute approximate surface area is 117 Å². The smallest absolute Gasteiger partial charge is 0.337 e. The van der Waals surface area contributed by atoms with Gasteiger partial charge in [-0.1, -0.05) is 0 Å². The van der Waals surface area contributed by atoms with Crippen LogP contribution in [0.15, 0.2) is 24.4 Å². The first-order valence-electron chi connectivity index (χ1n) is 6.34. The number of aromatic nitrogens is 2. The van der Waals surface area contributed by atoms with Crippen LogP contribution in [0.1, 0.15) is 28.5 Å². The number of carbonyl (C=O) groups is 1. The summed E-state index contributed by atoms with van der Waals surface area (Å²) in [6.45, 7) is 5.85. The molecular weight excluding hydrogens is 256 g/mol. The molecule has 0 saturated heterocycles. The Morgan fingerprint density at radius 1 is 1.40 bits per heavy atom. The standard InChI is InChI=1S/C15H16N2O3/c1-4-20-14-11(6-5-7-16-14)12-8-9(2)13(15(18)19)10(3)17-12/h5-8H,4H2,1-3H3,(H,18,19). The number of ether oxygens (including phenoxy) is 1. The zero-order valence-corrected chi connectivity index (χ0v) is 11.7. The van der Waals surface area contributed by atoms with Crippen molar-refractivity contribution < 1.29 is 14.6 Å². The molecule has 2 heterocycles. The van der Waals surface area contributed by atoms with Crippen molar-refractivity contribution in [3.8, 4) is 17.1 Å². The van der Waals surface area contributed by atoms with Crippen molar-refractivity contribution in [2.24, 2.45) is 0 Å². The fraction of sp³-hybridized carbons (Fsp3) is 0.267. The molecule has 0 saturated carbocycles. The van der Waals surface area contributed by atoms with Crippen LogP contribution in [0, 0.1) is 13.8 Å². The molecule has 5 heteroatoms. The van der Waals surface area contributed by atoms with E-state index < -0.39 is 5.97 Å². The van der Waals surface area contributed by atoms with Gasteiger partial charge in [0.05, 0.1) is 29.1 Å². The first kappa shape index (κ1) is 14.0.